The molecule has 0 aliphatic heterocycles. The Kier molecular flexibility index (Phi) is 3.40. The molecule has 0 spiro atoms. The molecule has 0 unspecified atom stereocenters. The second-order valence-electron chi connectivity index (χ2n) is 4.83. The minimum absolute atomic E-state index is 0.812. The van der Waals surface area contributed by atoms with Crippen molar-refractivity contribution in [3.63, 3.8) is 0 Å². The molecule has 1 N–H and O–H groups in total. The van der Waals surface area contributed by atoms with Gasteiger partial charge in [0.2, 0.25) is 0 Å². The number of rotatable bonds is 3. The lowest BCUT2D eigenvalue weighted by molar-refractivity contribution is 1.14. The third kappa shape index (κ3) is 2.16. The van der Waals surface area contributed by atoms with Crippen LogP contribution in [0.2, 0.25) is 0 Å². The Balaban J connectivity index is 2.29. The Morgan fingerprint density at radius 2 is 1.95 bits per heavy atom. The number of hydrogen-bond donors (Lipinski definition) is 1. The summed E-state index contributed by atoms with van der Waals surface area (Å²) in [5.41, 5.74) is 3.43. The lowest BCUT2D eigenvalue weighted by Gasteiger charge is -2.11. The lowest BCUT2D eigenvalue weighted by Crippen LogP contribution is -2.03. The monoisotopic (exact) mass is 283 g/mol. The first-order valence-electron chi connectivity index (χ1n) is 6.76. The minimum Gasteiger partial charge on any atom is -0.370 e. The average Bonchev–Trinajstić information content (AvgIpc) is 2.85. The number of fused-ring (bicyclic) bond motifs is 1. The van der Waals surface area contributed by atoms with Gasteiger partial charge in [-0.05, 0) is 49.4 Å². The van der Waals surface area contributed by atoms with Crippen LogP contribution in [0.4, 0.5) is 5.82 Å². The molecule has 3 nitrogen and oxygen atoms in total. The lowest BCUT2D eigenvalue weighted by atomic mass is 10.1. The molecule has 0 aliphatic carbocycles. The van der Waals surface area contributed by atoms with Crippen LogP contribution >= 0.6 is 11.3 Å². The number of hydrogen-bond acceptors (Lipinski definition) is 4. The molecule has 3 rings (SSSR count). The van der Waals surface area contributed by atoms with Crippen molar-refractivity contribution in [1.82, 2.24) is 9.97 Å². The predicted octanol–water partition coefficient (Wildman–Crippen LogP) is 4.41. The summed E-state index contributed by atoms with van der Waals surface area (Å²) in [4.78, 5) is 10.6. The first-order valence-corrected chi connectivity index (χ1v) is 7.64. The molecule has 4 heteroatoms. The summed E-state index contributed by atoms with van der Waals surface area (Å²) in [6.07, 6.45) is 0. The first kappa shape index (κ1) is 13.1. The number of thiophene rings is 1. The normalized spacial score (nSPS) is 10.9. The van der Waals surface area contributed by atoms with Crippen molar-refractivity contribution in [1.29, 1.82) is 0 Å². The Bertz CT molecular complexity index is 762. The van der Waals surface area contributed by atoms with Gasteiger partial charge >= 0.3 is 0 Å². The number of nitrogens with one attached hydrogen (secondary N) is 1. The molecule has 0 atom stereocenters. The SMILES string of the molecule is CCNc1nc(-c2sccc2C)nc2cccc(C)c12. The van der Waals surface area contributed by atoms with Crippen molar-refractivity contribution in [2.24, 2.45) is 0 Å². The molecule has 1 aromatic carbocycles. The highest BCUT2D eigenvalue weighted by Crippen LogP contribution is 2.31. The molecule has 0 amide bonds. The van der Waals surface area contributed by atoms with Gasteiger partial charge in [-0.25, -0.2) is 9.97 Å². The van der Waals surface area contributed by atoms with Crippen LogP contribution in [0.15, 0.2) is 29.6 Å². The zero-order valence-corrected chi connectivity index (χ0v) is 12.7. The number of anilines is 1. The van der Waals surface area contributed by atoms with E-state index in [1.165, 1.54) is 11.1 Å². The van der Waals surface area contributed by atoms with Crippen molar-refractivity contribution in [3.05, 3.63) is 40.8 Å². The number of nitrogens with zero attached hydrogens (tertiary/aromatic N) is 2. The van der Waals surface area contributed by atoms with Crippen molar-refractivity contribution < 1.29 is 0 Å². The molecule has 0 saturated heterocycles. The number of aromatic nitrogens is 2. The summed E-state index contributed by atoms with van der Waals surface area (Å²) in [5.74, 6) is 1.74. The molecule has 0 bridgehead atoms. The fraction of sp³-hybridized carbons (Fsp3) is 0.250. The van der Waals surface area contributed by atoms with E-state index in [-0.39, 0.29) is 0 Å². The Labute approximate surface area is 122 Å². The maximum absolute atomic E-state index is 4.74. The quantitative estimate of drug-likeness (QED) is 0.774. The van der Waals surface area contributed by atoms with E-state index in [2.05, 4.69) is 49.7 Å². The molecule has 102 valence electrons. The summed E-state index contributed by atoms with van der Waals surface area (Å²) in [6, 6.07) is 8.31. The third-order valence-corrected chi connectivity index (χ3v) is 4.35. The van der Waals surface area contributed by atoms with E-state index in [4.69, 9.17) is 9.97 Å². The van der Waals surface area contributed by atoms with Gasteiger partial charge in [0.05, 0.1) is 10.4 Å². The van der Waals surface area contributed by atoms with E-state index in [1.807, 2.05) is 6.07 Å². The van der Waals surface area contributed by atoms with Gasteiger partial charge in [0, 0.05) is 11.9 Å². The van der Waals surface area contributed by atoms with Crippen LogP contribution in [-0.4, -0.2) is 16.5 Å². The van der Waals surface area contributed by atoms with Gasteiger partial charge in [0.1, 0.15) is 5.82 Å². The van der Waals surface area contributed by atoms with Crippen molar-refractivity contribution in [3.8, 4) is 10.7 Å². The van der Waals surface area contributed by atoms with Crippen molar-refractivity contribution in [2.75, 3.05) is 11.9 Å². The topological polar surface area (TPSA) is 37.8 Å². The van der Waals surface area contributed by atoms with E-state index < -0.39 is 0 Å². The van der Waals surface area contributed by atoms with E-state index >= 15 is 0 Å². The number of aryl methyl sites for hydroxylation is 2. The largest absolute Gasteiger partial charge is 0.370 e. The molecular formula is C16H17N3S. The van der Waals surface area contributed by atoms with Gasteiger partial charge in [0.25, 0.3) is 0 Å². The molecule has 0 fully saturated rings. The summed E-state index contributed by atoms with van der Waals surface area (Å²) in [6.45, 7) is 7.14. The zero-order valence-electron chi connectivity index (χ0n) is 11.9. The van der Waals surface area contributed by atoms with E-state index in [0.29, 0.717) is 0 Å². The zero-order chi connectivity index (χ0) is 14.1. The van der Waals surface area contributed by atoms with Crippen LogP contribution in [0.1, 0.15) is 18.1 Å². The Morgan fingerprint density at radius 1 is 1.10 bits per heavy atom. The highest BCUT2D eigenvalue weighted by atomic mass is 32.1. The number of benzene rings is 1. The van der Waals surface area contributed by atoms with Crippen LogP contribution < -0.4 is 5.32 Å². The minimum atomic E-state index is 0.812. The third-order valence-electron chi connectivity index (χ3n) is 3.34. The average molecular weight is 283 g/mol. The summed E-state index contributed by atoms with van der Waals surface area (Å²) >= 11 is 1.69. The molecule has 0 radical (unpaired) electrons. The highest BCUT2D eigenvalue weighted by Gasteiger charge is 2.12. The van der Waals surface area contributed by atoms with Gasteiger partial charge in [-0.15, -0.1) is 11.3 Å². The molecule has 20 heavy (non-hydrogen) atoms. The standard InChI is InChI=1S/C16H17N3S/c1-4-17-15-13-10(2)6-5-7-12(13)18-16(19-15)14-11(3)8-9-20-14/h5-9H,4H2,1-3H3,(H,17,18,19). The highest BCUT2D eigenvalue weighted by molar-refractivity contribution is 7.13. The van der Waals surface area contributed by atoms with Crippen LogP contribution in [0, 0.1) is 13.8 Å². The fourth-order valence-electron chi connectivity index (χ4n) is 2.35. The second kappa shape index (κ2) is 5.21. The van der Waals surface area contributed by atoms with Crippen molar-refractivity contribution in [2.45, 2.75) is 20.8 Å². The van der Waals surface area contributed by atoms with Crippen molar-refractivity contribution >= 4 is 28.1 Å². The van der Waals surface area contributed by atoms with Gasteiger partial charge in [-0.3, -0.25) is 0 Å². The predicted molar refractivity (Wildman–Crippen MR) is 86.5 cm³/mol. The molecule has 0 saturated carbocycles. The first-order chi connectivity index (χ1) is 9.70. The summed E-state index contributed by atoms with van der Waals surface area (Å²) < 4.78 is 0. The molecule has 2 heterocycles. The summed E-state index contributed by atoms with van der Waals surface area (Å²) in [5, 5.41) is 6.57. The maximum Gasteiger partial charge on any atom is 0.172 e. The van der Waals surface area contributed by atoms with Gasteiger partial charge in [0.15, 0.2) is 5.82 Å². The Hall–Kier alpha value is -1.94. The second-order valence-corrected chi connectivity index (χ2v) is 5.74. The molecule has 0 aliphatic rings. The smallest absolute Gasteiger partial charge is 0.172 e. The van der Waals surface area contributed by atoms with Crippen LogP contribution in [0.3, 0.4) is 0 Å². The van der Waals surface area contributed by atoms with Gasteiger partial charge in [-0.1, -0.05) is 12.1 Å². The van der Waals surface area contributed by atoms with E-state index in [0.717, 1.165) is 34.0 Å². The molecular weight excluding hydrogens is 266 g/mol. The maximum atomic E-state index is 4.74. The van der Waals surface area contributed by atoms with Crippen LogP contribution in [-0.2, 0) is 0 Å². The van der Waals surface area contributed by atoms with Gasteiger partial charge < -0.3 is 5.32 Å². The summed E-state index contributed by atoms with van der Waals surface area (Å²) in [7, 11) is 0. The molecule has 3 aromatic rings. The molecule has 2 aromatic heterocycles. The Morgan fingerprint density at radius 3 is 2.65 bits per heavy atom. The van der Waals surface area contributed by atoms with Crippen LogP contribution in [0.5, 0.6) is 0 Å². The van der Waals surface area contributed by atoms with Gasteiger partial charge in [-0.2, -0.15) is 0 Å². The fourth-order valence-corrected chi connectivity index (χ4v) is 3.21. The van der Waals surface area contributed by atoms with Crippen LogP contribution in [0.25, 0.3) is 21.6 Å². The van der Waals surface area contributed by atoms with E-state index in [9.17, 15) is 0 Å². The van der Waals surface area contributed by atoms with E-state index in [1.54, 1.807) is 11.3 Å².